The Kier molecular flexibility index (Phi) is 2.45. The van der Waals surface area contributed by atoms with E-state index in [1.165, 1.54) is 0 Å². The zero-order valence-electron chi connectivity index (χ0n) is 7.83. The van der Waals surface area contributed by atoms with Gasteiger partial charge in [-0.05, 0) is 24.1 Å². The Bertz CT molecular complexity index is 416. The van der Waals surface area contributed by atoms with Crippen LogP contribution in [0.3, 0.4) is 0 Å². The summed E-state index contributed by atoms with van der Waals surface area (Å²) in [4.78, 5) is 7.26. The van der Waals surface area contributed by atoms with Crippen LogP contribution in [0.15, 0.2) is 43.2 Å². The predicted octanol–water partition coefficient (Wildman–Crippen LogP) is 2.61. The van der Waals surface area contributed by atoms with Gasteiger partial charge < -0.3 is 4.98 Å². The molecule has 0 unspecified atom stereocenters. The maximum Gasteiger partial charge on any atom is 0.137 e. The molecule has 0 bridgehead atoms. The van der Waals surface area contributed by atoms with Crippen molar-refractivity contribution in [1.29, 1.82) is 0 Å². The largest absolute Gasteiger partial charge is 0.345 e. The summed E-state index contributed by atoms with van der Waals surface area (Å²) in [5.74, 6) is 0.893. The molecule has 2 rings (SSSR count). The van der Waals surface area contributed by atoms with Crippen LogP contribution >= 0.6 is 0 Å². The molecule has 0 amide bonds. The minimum atomic E-state index is 0.842. The van der Waals surface area contributed by atoms with Crippen molar-refractivity contribution in [3.63, 3.8) is 0 Å². The number of aromatic nitrogens is 2. The number of nitrogens with zero attached hydrogens (tertiary/aromatic N) is 1. The average Bonchev–Trinajstić information content (AvgIpc) is 2.71. The van der Waals surface area contributed by atoms with Crippen LogP contribution in [0.1, 0.15) is 5.56 Å². The lowest BCUT2D eigenvalue weighted by Gasteiger charge is -1.99. The topological polar surface area (TPSA) is 28.7 Å². The number of rotatable bonds is 3. The average molecular weight is 183 g/mol. The van der Waals surface area contributed by atoms with E-state index in [1.807, 2.05) is 24.4 Å². The summed E-state index contributed by atoms with van der Waals surface area (Å²) in [5.41, 5.74) is 2.22. The number of nitrogens with one attached hydrogen (secondary N) is 1. The molecule has 1 heterocycles. The molecular formula is C12H11N2. The highest BCUT2D eigenvalue weighted by Crippen LogP contribution is 2.15. The molecule has 0 fully saturated rings. The Morgan fingerprint density at radius 2 is 2.50 bits per heavy atom. The molecule has 0 saturated heterocycles. The molecule has 2 heteroatoms. The first-order valence-corrected chi connectivity index (χ1v) is 4.51. The van der Waals surface area contributed by atoms with Gasteiger partial charge in [0.15, 0.2) is 0 Å². The van der Waals surface area contributed by atoms with Crippen LogP contribution in [0.25, 0.3) is 11.4 Å². The fraction of sp³-hybridized carbons (Fsp3) is 0.0833. The zero-order chi connectivity index (χ0) is 9.80. The summed E-state index contributed by atoms with van der Waals surface area (Å²) in [6.07, 6.45) is 6.28. The number of imidazole rings is 1. The van der Waals surface area contributed by atoms with E-state index in [4.69, 9.17) is 0 Å². The molecule has 2 nitrogen and oxygen atoms in total. The van der Waals surface area contributed by atoms with Crippen molar-refractivity contribution in [2.24, 2.45) is 0 Å². The van der Waals surface area contributed by atoms with Gasteiger partial charge in [0.2, 0.25) is 0 Å². The van der Waals surface area contributed by atoms with Crippen LogP contribution < -0.4 is 0 Å². The van der Waals surface area contributed by atoms with Crippen LogP contribution in [0, 0.1) is 6.07 Å². The van der Waals surface area contributed by atoms with Crippen molar-refractivity contribution >= 4 is 0 Å². The van der Waals surface area contributed by atoms with Gasteiger partial charge in [-0.1, -0.05) is 18.2 Å². The highest BCUT2D eigenvalue weighted by atomic mass is 14.9. The number of hydrogen-bond donors (Lipinski definition) is 1. The van der Waals surface area contributed by atoms with Gasteiger partial charge in [0.25, 0.3) is 0 Å². The summed E-state index contributed by atoms with van der Waals surface area (Å²) in [6, 6.07) is 9.13. The molecule has 0 aliphatic rings. The summed E-state index contributed by atoms with van der Waals surface area (Å²) in [7, 11) is 0. The fourth-order valence-electron chi connectivity index (χ4n) is 1.36. The van der Waals surface area contributed by atoms with E-state index in [9.17, 15) is 0 Å². The van der Waals surface area contributed by atoms with Gasteiger partial charge >= 0.3 is 0 Å². The van der Waals surface area contributed by atoms with Crippen LogP contribution in [-0.2, 0) is 6.42 Å². The van der Waals surface area contributed by atoms with Gasteiger partial charge in [0.05, 0.1) is 0 Å². The van der Waals surface area contributed by atoms with E-state index in [-0.39, 0.29) is 0 Å². The summed E-state index contributed by atoms with van der Waals surface area (Å²) >= 11 is 0. The molecular weight excluding hydrogens is 172 g/mol. The number of hydrogen-bond acceptors (Lipinski definition) is 1. The van der Waals surface area contributed by atoms with E-state index in [0.717, 1.165) is 23.4 Å². The number of benzene rings is 1. The second-order valence-corrected chi connectivity index (χ2v) is 3.03. The normalized spacial score (nSPS) is 10.0. The maximum absolute atomic E-state index is 4.19. The van der Waals surface area contributed by atoms with Crippen LogP contribution in [0.4, 0.5) is 0 Å². The molecule has 1 radical (unpaired) electrons. The van der Waals surface area contributed by atoms with Crippen molar-refractivity contribution in [1.82, 2.24) is 9.97 Å². The molecule has 14 heavy (non-hydrogen) atoms. The number of H-pyrrole nitrogens is 1. The molecule has 2 aromatic rings. The zero-order valence-corrected chi connectivity index (χ0v) is 7.83. The third kappa shape index (κ3) is 1.74. The van der Waals surface area contributed by atoms with E-state index in [0.29, 0.717) is 0 Å². The van der Waals surface area contributed by atoms with Crippen molar-refractivity contribution < 1.29 is 0 Å². The summed E-state index contributed by atoms with van der Waals surface area (Å²) in [5, 5.41) is 0. The van der Waals surface area contributed by atoms with Crippen molar-refractivity contribution in [2.45, 2.75) is 6.42 Å². The minimum absolute atomic E-state index is 0.842. The molecule has 0 aliphatic carbocycles. The first kappa shape index (κ1) is 8.75. The quantitative estimate of drug-likeness (QED) is 0.728. The maximum atomic E-state index is 4.19. The molecule has 0 saturated carbocycles. The van der Waals surface area contributed by atoms with Gasteiger partial charge in [-0.3, -0.25) is 0 Å². The van der Waals surface area contributed by atoms with Crippen LogP contribution in [0.5, 0.6) is 0 Å². The minimum Gasteiger partial charge on any atom is -0.345 e. The summed E-state index contributed by atoms with van der Waals surface area (Å²) < 4.78 is 0. The van der Waals surface area contributed by atoms with Gasteiger partial charge in [-0.25, -0.2) is 4.98 Å². The predicted molar refractivity (Wildman–Crippen MR) is 56.8 cm³/mol. The lowest BCUT2D eigenvalue weighted by atomic mass is 10.1. The van der Waals surface area contributed by atoms with E-state index >= 15 is 0 Å². The van der Waals surface area contributed by atoms with Gasteiger partial charge in [0.1, 0.15) is 5.82 Å². The second kappa shape index (κ2) is 3.92. The van der Waals surface area contributed by atoms with Gasteiger partial charge in [0, 0.05) is 18.0 Å². The fourth-order valence-corrected chi connectivity index (χ4v) is 1.36. The standard InChI is InChI=1S/C12H11N2/c1-2-4-10-5-3-6-11(9-10)12-13-7-8-14-12/h2-3,6-9H,1,4H2,(H,13,14). The first-order valence-electron chi connectivity index (χ1n) is 4.51. The number of aromatic amines is 1. The number of allylic oxidation sites excluding steroid dienone is 1. The van der Waals surface area contributed by atoms with Crippen LogP contribution in [-0.4, -0.2) is 9.97 Å². The van der Waals surface area contributed by atoms with E-state index in [2.05, 4.69) is 28.7 Å². The van der Waals surface area contributed by atoms with Gasteiger partial charge in [-0.2, -0.15) is 0 Å². The smallest absolute Gasteiger partial charge is 0.137 e. The van der Waals surface area contributed by atoms with Crippen molar-refractivity contribution in [3.05, 3.63) is 54.9 Å². The lowest BCUT2D eigenvalue weighted by Crippen LogP contribution is -1.85. The van der Waals surface area contributed by atoms with E-state index < -0.39 is 0 Å². The monoisotopic (exact) mass is 183 g/mol. The third-order valence-corrected chi connectivity index (χ3v) is 2.00. The van der Waals surface area contributed by atoms with Gasteiger partial charge in [-0.15, -0.1) is 6.58 Å². The molecule has 0 aliphatic heterocycles. The van der Waals surface area contributed by atoms with Crippen molar-refractivity contribution in [3.8, 4) is 11.4 Å². The molecule has 1 aromatic heterocycles. The Hall–Kier alpha value is -1.83. The summed E-state index contributed by atoms with van der Waals surface area (Å²) in [6.45, 7) is 3.70. The second-order valence-electron chi connectivity index (χ2n) is 3.03. The molecule has 69 valence electrons. The Morgan fingerprint density at radius 3 is 3.21 bits per heavy atom. The first-order chi connectivity index (χ1) is 6.90. The highest BCUT2D eigenvalue weighted by Gasteiger charge is 1.99. The third-order valence-electron chi connectivity index (χ3n) is 2.00. The molecule has 0 atom stereocenters. The van der Waals surface area contributed by atoms with E-state index in [1.54, 1.807) is 6.20 Å². The highest BCUT2D eigenvalue weighted by molar-refractivity contribution is 5.55. The van der Waals surface area contributed by atoms with Crippen molar-refractivity contribution in [2.75, 3.05) is 0 Å². The SMILES string of the molecule is C=CCc1[c]ccc(-c2ncc[nH]2)c1. The Labute approximate surface area is 83.3 Å². The Balaban J connectivity index is 2.35. The molecule has 1 N–H and O–H groups in total. The lowest BCUT2D eigenvalue weighted by molar-refractivity contribution is 1.25. The molecule has 1 aromatic carbocycles. The molecule has 0 spiro atoms. The van der Waals surface area contributed by atoms with Crippen LogP contribution in [0.2, 0.25) is 0 Å². The Morgan fingerprint density at radius 1 is 1.57 bits per heavy atom.